The van der Waals surface area contributed by atoms with Gasteiger partial charge in [-0.25, -0.2) is 4.68 Å². The number of rotatable bonds is 11. The van der Waals surface area contributed by atoms with Gasteiger partial charge in [-0.2, -0.15) is 0 Å². The summed E-state index contributed by atoms with van der Waals surface area (Å²) in [7, 11) is 3.27. The molecular weight excluding hydrogens is 492 g/mol. The highest BCUT2D eigenvalue weighted by Crippen LogP contribution is 2.27. The predicted molar refractivity (Wildman–Crippen MR) is 150 cm³/mol. The summed E-state index contributed by atoms with van der Waals surface area (Å²) in [6, 6.07) is 25.7. The van der Waals surface area contributed by atoms with Crippen LogP contribution in [0.1, 0.15) is 41.9 Å². The molecule has 0 aliphatic rings. The van der Waals surface area contributed by atoms with Gasteiger partial charge in [-0.05, 0) is 63.7 Å². The van der Waals surface area contributed by atoms with Crippen LogP contribution in [0.25, 0.3) is 10.9 Å². The monoisotopic (exact) mass is 524 g/mol. The molecule has 0 aliphatic carbocycles. The molecule has 0 saturated heterocycles. The van der Waals surface area contributed by atoms with Gasteiger partial charge in [0.05, 0.1) is 32.3 Å². The molecule has 3 aromatic carbocycles. The third-order valence-corrected chi connectivity index (χ3v) is 6.91. The Morgan fingerprint density at radius 1 is 0.897 bits per heavy atom. The second-order valence-electron chi connectivity index (χ2n) is 9.43. The first kappa shape index (κ1) is 26.1. The Bertz CT molecular complexity index is 1580. The number of aromatic nitrogens is 5. The third kappa shape index (κ3) is 5.99. The third-order valence-electron chi connectivity index (χ3n) is 6.91. The van der Waals surface area contributed by atoms with E-state index in [1.165, 1.54) is 0 Å². The normalized spacial score (nSPS) is 12.1. The highest BCUT2D eigenvalue weighted by molar-refractivity contribution is 5.80. The van der Waals surface area contributed by atoms with E-state index in [9.17, 15) is 4.79 Å². The summed E-state index contributed by atoms with van der Waals surface area (Å²) in [6.45, 7) is 3.71. The average molecular weight is 525 g/mol. The van der Waals surface area contributed by atoms with Crippen molar-refractivity contribution in [3.63, 3.8) is 0 Å². The lowest BCUT2D eigenvalue weighted by Gasteiger charge is -2.30. The lowest BCUT2D eigenvalue weighted by molar-refractivity contribution is 0.161. The first-order chi connectivity index (χ1) is 19.1. The van der Waals surface area contributed by atoms with E-state index >= 15 is 0 Å². The van der Waals surface area contributed by atoms with Gasteiger partial charge in [-0.15, -0.1) is 5.10 Å². The molecule has 0 aliphatic heterocycles. The van der Waals surface area contributed by atoms with E-state index in [-0.39, 0.29) is 11.6 Å². The van der Waals surface area contributed by atoms with Crippen molar-refractivity contribution in [1.29, 1.82) is 0 Å². The molecule has 200 valence electrons. The molecule has 0 saturated carbocycles. The highest BCUT2D eigenvalue weighted by Gasteiger charge is 2.26. The SMILES string of the molecule is CCC(c1nnnn1Cc1ccc(OC)cc1)N(Cc1ccccc1)Cc1cc2ccc(OC)cc2[nH]c1=O. The second-order valence-corrected chi connectivity index (χ2v) is 9.43. The van der Waals surface area contributed by atoms with E-state index in [2.05, 4.69) is 44.5 Å². The van der Waals surface area contributed by atoms with Crippen LogP contribution in [0, 0.1) is 0 Å². The Morgan fingerprint density at radius 2 is 1.64 bits per heavy atom. The number of aromatic amines is 1. The van der Waals surface area contributed by atoms with E-state index < -0.39 is 0 Å². The van der Waals surface area contributed by atoms with E-state index in [1.807, 2.05) is 71.4 Å². The van der Waals surface area contributed by atoms with Gasteiger partial charge in [0.15, 0.2) is 5.82 Å². The smallest absolute Gasteiger partial charge is 0.252 e. The topological polar surface area (TPSA) is 98.2 Å². The minimum atomic E-state index is -0.124. The molecule has 0 bridgehead atoms. The fraction of sp³-hybridized carbons (Fsp3) is 0.267. The molecule has 0 radical (unpaired) electrons. The zero-order chi connectivity index (χ0) is 27.2. The van der Waals surface area contributed by atoms with Crippen LogP contribution in [0.3, 0.4) is 0 Å². The zero-order valence-corrected chi connectivity index (χ0v) is 22.4. The summed E-state index contributed by atoms with van der Waals surface area (Å²) >= 11 is 0. The number of methoxy groups -OCH3 is 2. The van der Waals surface area contributed by atoms with Crippen LogP contribution in [-0.2, 0) is 19.6 Å². The van der Waals surface area contributed by atoms with Crippen LogP contribution in [0.5, 0.6) is 11.5 Å². The van der Waals surface area contributed by atoms with Crippen LogP contribution in [0.2, 0.25) is 0 Å². The maximum atomic E-state index is 13.2. The lowest BCUT2D eigenvalue weighted by atomic mass is 10.1. The van der Waals surface area contributed by atoms with Gasteiger partial charge in [0.1, 0.15) is 11.5 Å². The Hall–Kier alpha value is -4.50. The van der Waals surface area contributed by atoms with Crippen LogP contribution in [0.15, 0.2) is 83.7 Å². The van der Waals surface area contributed by atoms with Crippen molar-refractivity contribution < 1.29 is 9.47 Å². The molecule has 5 aromatic rings. The van der Waals surface area contributed by atoms with E-state index in [1.54, 1.807) is 14.2 Å². The van der Waals surface area contributed by atoms with Crippen molar-refractivity contribution in [3.8, 4) is 11.5 Å². The van der Waals surface area contributed by atoms with Crippen LogP contribution >= 0.6 is 0 Å². The van der Waals surface area contributed by atoms with Crippen molar-refractivity contribution in [2.45, 2.75) is 39.0 Å². The summed E-state index contributed by atoms with van der Waals surface area (Å²) in [5.41, 5.74) is 3.51. The maximum absolute atomic E-state index is 13.2. The molecule has 9 nitrogen and oxygen atoms in total. The number of ether oxygens (including phenoxy) is 2. The molecule has 0 fully saturated rings. The number of hydrogen-bond acceptors (Lipinski definition) is 7. The summed E-state index contributed by atoms with van der Waals surface area (Å²) in [5, 5.41) is 13.7. The Balaban J connectivity index is 1.49. The van der Waals surface area contributed by atoms with Crippen molar-refractivity contribution >= 4 is 10.9 Å². The number of nitrogens with one attached hydrogen (secondary N) is 1. The Morgan fingerprint density at radius 3 is 2.36 bits per heavy atom. The standard InChI is InChI=1S/C30H32N6O3/c1-4-28(29-32-33-34-36(29)19-22-10-13-25(38-2)14-11-22)35(18-21-8-6-5-7-9-21)20-24-16-23-12-15-26(39-3)17-27(23)31-30(24)37/h5-17,28H,4,18-20H2,1-3H3,(H,31,37). The Kier molecular flexibility index (Phi) is 7.98. The molecule has 0 amide bonds. The minimum Gasteiger partial charge on any atom is -0.497 e. The maximum Gasteiger partial charge on any atom is 0.252 e. The first-order valence-corrected chi connectivity index (χ1v) is 12.9. The number of fused-ring (bicyclic) bond motifs is 1. The molecule has 1 unspecified atom stereocenters. The van der Waals surface area contributed by atoms with Crippen molar-refractivity contribution in [1.82, 2.24) is 30.1 Å². The van der Waals surface area contributed by atoms with Crippen LogP contribution in [0.4, 0.5) is 0 Å². The van der Waals surface area contributed by atoms with Gasteiger partial charge in [-0.3, -0.25) is 9.69 Å². The molecular formula is C30H32N6O3. The first-order valence-electron chi connectivity index (χ1n) is 12.9. The fourth-order valence-corrected chi connectivity index (χ4v) is 4.85. The molecule has 1 N–H and O–H groups in total. The van der Waals surface area contributed by atoms with E-state index in [0.717, 1.165) is 40.0 Å². The van der Waals surface area contributed by atoms with Crippen molar-refractivity contribution in [2.75, 3.05) is 14.2 Å². The summed E-state index contributed by atoms with van der Waals surface area (Å²) in [5.74, 6) is 2.26. The zero-order valence-electron chi connectivity index (χ0n) is 22.4. The quantitative estimate of drug-likeness (QED) is 0.267. The molecule has 2 aromatic heterocycles. The van der Waals surface area contributed by atoms with Crippen LogP contribution in [-0.4, -0.2) is 44.3 Å². The molecule has 1 atom stereocenters. The number of benzene rings is 3. The second kappa shape index (κ2) is 11.9. The van der Waals surface area contributed by atoms with Gasteiger partial charge in [-0.1, -0.05) is 49.4 Å². The lowest BCUT2D eigenvalue weighted by Crippen LogP contribution is -2.32. The van der Waals surface area contributed by atoms with Gasteiger partial charge in [0, 0.05) is 24.7 Å². The van der Waals surface area contributed by atoms with Crippen LogP contribution < -0.4 is 15.0 Å². The van der Waals surface area contributed by atoms with E-state index in [0.29, 0.717) is 30.9 Å². The number of pyridine rings is 1. The highest BCUT2D eigenvalue weighted by atomic mass is 16.5. The van der Waals surface area contributed by atoms with Gasteiger partial charge in [0.25, 0.3) is 5.56 Å². The number of tetrazole rings is 1. The molecule has 0 spiro atoms. The number of nitrogens with zero attached hydrogens (tertiary/aromatic N) is 5. The number of hydrogen-bond donors (Lipinski definition) is 1. The fourth-order valence-electron chi connectivity index (χ4n) is 4.85. The largest absolute Gasteiger partial charge is 0.497 e. The summed E-state index contributed by atoms with van der Waals surface area (Å²) < 4.78 is 12.4. The van der Waals surface area contributed by atoms with Gasteiger partial charge in [0.2, 0.25) is 0 Å². The summed E-state index contributed by atoms with van der Waals surface area (Å²) in [4.78, 5) is 18.5. The molecule has 39 heavy (non-hydrogen) atoms. The molecule has 9 heteroatoms. The minimum absolute atomic E-state index is 0.121. The average Bonchev–Trinajstić information content (AvgIpc) is 3.42. The van der Waals surface area contributed by atoms with Gasteiger partial charge >= 0.3 is 0 Å². The van der Waals surface area contributed by atoms with E-state index in [4.69, 9.17) is 9.47 Å². The molecule has 5 rings (SSSR count). The van der Waals surface area contributed by atoms with Gasteiger partial charge < -0.3 is 14.5 Å². The number of H-pyrrole nitrogens is 1. The van der Waals surface area contributed by atoms with Crippen molar-refractivity contribution in [2.24, 2.45) is 0 Å². The predicted octanol–water partition coefficient (Wildman–Crippen LogP) is 4.73. The molecule has 2 heterocycles. The Labute approximate surface area is 227 Å². The van der Waals surface area contributed by atoms with Crippen molar-refractivity contribution in [3.05, 3.63) is 112 Å². The summed E-state index contributed by atoms with van der Waals surface area (Å²) in [6.07, 6.45) is 0.762.